The number of carboxylic acid groups (broad SMARTS) is 1. The van der Waals surface area contributed by atoms with Gasteiger partial charge in [-0.25, -0.2) is 14.6 Å². The van der Waals surface area contributed by atoms with Gasteiger partial charge in [0, 0.05) is 10.8 Å². The van der Waals surface area contributed by atoms with Crippen LogP contribution in [0.3, 0.4) is 0 Å². The molecule has 0 amide bonds. The van der Waals surface area contributed by atoms with Crippen molar-refractivity contribution in [3.8, 4) is 0 Å². The molecule has 2 aromatic rings. The summed E-state index contributed by atoms with van der Waals surface area (Å²) in [6.45, 7) is 4.16. The van der Waals surface area contributed by atoms with Crippen LogP contribution in [0.1, 0.15) is 46.1 Å². The lowest BCUT2D eigenvalue weighted by Gasteiger charge is -2.21. The Balaban J connectivity index is 1.92. The van der Waals surface area contributed by atoms with Gasteiger partial charge in [0.25, 0.3) is 0 Å². The Morgan fingerprint density at radius 3 is 2.55 bits per heavy atom. The first-order valence-corrected chi connectivity index (χ1v) is 7.69. The molecule has 0 aliphatic heterocycles. The second-order valence-corrected chi connectivity index (χ2v) is 6.34. The van der Waals surface area contributed by atoms with Crippen molar-refractivity contribution < 1.29 is 19.4 Å². The number of benzene rings is 1. The van der Waals surface area contributed by atoms with Crippen LogP contribution in [0.25, 0.3) is 0 Å². The molecule has 5 nitrogen and oxygen atoms in total. The van der Waals surface area contributed by atoms with Crippen molar-refractivity contribution in [2.24, 2.45) is 0 Å². The molecule has 0 atom stereocenters. The third kappa shape index (κ3) is 3.92. The fourth-order valence-corrected chi connectivity index (χ4v) is 2.80. The van der Waals surface area contributed by atoms with Crippen molar-refractivity contribution in [1.82, 2.24) is 4.98 Å². The number of aromatic nitrogens is 1. The summed E-state index contributed by atoms with van der Waals surface area (Å²) in [5.74, 6) is -1.39. The molecule has 0 unspecified atom stereocenters. The lowest BCUT2D eigenvalue weighted by Crippen LogP contribution is -2.21. The van der Waals surface area contributed by atoms with Crippen LogP contribution < -0.4 is 0 Å². The van der Waals surface area contributed by atoms with Crippen LogP contribution in [0.2, 0.25) is 0 Å². The summed E-state index contributed by atoms with van der Waals surface area (Å²) in [5.41, 5.74) is 0.215. The van der Waals surface area contributed by atoms with Crippen LogP contribution in [0.4, 0.5) is 0 Å². The monoisotopic (exact) mass is 319 g/mol. The minimum atomic E-state index is -1.03. The number of rotatable bonds is 6. The number of carbonyl (C=O) groups excluding carboxylic acids is 1. The largest absolute Gasteiger partial charge is 0.476 e. The van der Waals surface area contributed by atoms with E-state index in [1.807, 2.05) is 19.9 Å². The third-order valence-electron chi connectivity index (χ3n) is 3.27. The maximum absolute atomic E-state index is 11.8. The van der Waals surface area contributed by atoms with Gasteiger partial charge >= 0.3 is 11.9 Å². The predicted octanol–water partition coefficient (Wildman–Crippen LogP) is 3.37. The van der Waals surface area contributed by atoms with Crippen LogP contribution in [0.15, 0.2) is 35.7 Å². The van der Waals surface area contributed by atoms with E-state index in [0.717, 1.165) is 5.01 Å². The number of carboxylic acids is 1. The lowest BCUT2D eigenvalue weighted by atomic mass is 9.90. The topological polar surface area (TPSA) is 76.5 Å². The molecule has 0 spiro atoms. The summed E-state index contributed by atoms with van der Waals surface area (Å²) < 4.78 is 5.26. The smallest absolute Gasteiger partial charge is 0.355 e. The number of thiazole rings is 1. The predicted molar refractivity (Wildman–Crippen MR) is 83.4 cm³/mol. The lowest BCUT2D eigenvalue weighted by molar-refractivity contribution is 0.0480. The Morgan fingerprint density at radius 2 is 1.95 bits per heavy atom. The highest BCUT2D eigenvalue weighted by molar-refractivity contribution is 7.10. The number of carbonyl (C=O) groups is 2. The van der Waals surface area contributed by atoms with Crippen molar-refractivity contribution in [1.29, 1.82) is 0 Å². The number of hydrogen-bond donors (Lipinski definition) is 1. The van der Waals surface area contributed by atoms with Gasteiger partial charge in [0.15, 0.2) is 5.69 Å². The first-order chi connectivity index (χ1) is 10.4. The fraction of sp³-hybridized carbons (Fsp3) is 0.312. The molecular weight excluding hydrogens is 302 g/mol. The van der Waals surface area contributed by atoms with E-state index in [0.29, 0.717) is 12.0 Å². The molecule has 0 radical (unpaired) electrons. The van der Waals surface area contributed by atoms with E-state index < -0.39 is 5.97 Å². The molecule has 0 bridgehead atoms. The zero-order valence-electron chi connectivity index (χ0n) is 12.4. The second-order valence-electron chi connectivity index (χ2n) is 5.48. The van der Waals surface area contributed by atoms with Gasteiger partial charge < -0.3 is 9.84 Å². The number of ether oxygens (including phenoxy) is 1. The molecule has 0 aliphatic carbocycles. The van der Waals surface area contributed by atoms with E-state index in [-0.39, 0.29) is 23.7 Å². The first-order valence-electron chi connectivity index (χ1n) is 6.81. The van der Waals surface area contributed by atoms with Gasteiger partial charge in [0.05, 0.1) is 17.2 Å². The van der Waals surface area contributed by atoms with Gasteiger partial charge in [-0.1, -0.05) is 32.0 Å². The molecule has 1 heterocycles. The van der Waals surface area contributed by atoms with Crippen LogP contribution in [0, 0.1) is 0 Å². The quantitative estimate of drug-likeness (QED) is 0.826. The van der Waals surface area contributed by atoms with Crippen LogP contribution in [0.5, 0.6) is 0 Å². The summed E-state index contributed by atoms with van der Waals surface area (Å²) in [5, 5.41) is 11.2. The molecule has 22 heavy (non-hydrogen) atoms. The maximum atomic E-state index is 11.8. The van der Waals surface area contributed by atoms with Gasteiger partial charge in [0.2, 0.25) is 0 Å². The summed E-state index contributed by atoms with van der Waals surface area (Å²) in [6.07, 6.45) is 0.568. The highest BCUT2D eigenvalue weighted by Gasteiger charge is 2.26. The van der Waals surface area contributed by atoms with E-state index >= 15 is 0 Å². The summed E-state index contributed by atoms with van der Waals surface area (Å²) in [7, 11) is 0. The molecular formula is C16H17NO4S. The average molecular weight is 319 g/mol. The zero-order valence-corrected chi connectivity index (χ0v) is 13.2. The highest BCUT2D eigenvalue weighted by Crippen LogP contribution is 2.29. The number of nitrogens with zero attached hydrogens (tertiary/aromatic N) is 1. The van der Waals surface area contributed by atoms with Crippen molar-refractivity contribution in [2.45, 2.75) is 25.7 Å². The second kappa shape index (κ2) is 6.70. The molecule has 0 aliphatic rings. The number of aromatic carboxylic acids is 1. The highest BCUT2D eigenvalue weighted by atomic mass is 32.1. The van der Waals surface area contributed by atoms with Crippen LogP contribution in [-0.2, 0) is 10.2 Å². The Hall–Kier alpha value is -2.21. The van der Waals surface area contributed by atoms with E-state index in [2.05, 4.69) is 4.98 Å². The molecule has 1 aromatic heterocycles. The third-order valence-corrected chi connectivity index (χ3v) is 4.48. The zero-order chi connectivity index (χ0) is 16.2. The van der Waals surface area contributed by atoms with Gasteiger partial charge in [-0.3, -0.25) is 0 Å². The minimum absolute atomic E-state index is 0.0503. The fourth-order valence-electron chi connectivity index (χ4n) is 1.85. The molecule has 6 heteroatoms. The Labute approximate surface area is 132 Å². The van der Waals surface area contributed by atoms with E-state index in [4.69, 9.17) is 9.84 Å². The normalized spacial score (nSPS) is 11.2. The molecule has 116 valence electrons. The molecule has 0 fully saturated rings. The molecule has 2 rings (SSSR count). The summed E-state index contributed by atoms with van der Waals surface area (Å²) >= 11 is 1.31. The summed E-state index contributed by atoms with van der Waals surface area (Å²) in [6, 6.07) is 8.80. The van der Waals surface area contributed by atoms with Crippen molar-refractivity contribution in [3.63, 3.8) is 0 Å². The van der Waals surface area contributed by atoms with Gasteiger partial charge in [-0.2, -0.15) is 0 Å². The number of esters is 1. The SMILES string of the molecule is CC(C)(CCOC(=O)c1ccccc1)c1nc(C(=O)O)cs1. The van der Waals surface area contributed by atoms with Crippen molar-refractivity contribution in [3.05, 3.63) is 52.0 Å². The Morgan fingerprint density at radius 1 is 1.27 bits per heavy atom. The first kappa shape index (κ1) is 16.2. The molecule has 1 aromatic carbocycles. The minimum Gasteiger partial charge on any atom is -0.476 e. The number of hydrogen-bond acceptors (Lipinski definition) is 5. The standard InChI is InChI=1S/C16H17NO4S/c1-16(2,15-17-12(10-22-15)13(18)19)8-9-21-14(20)11-6-4-3-5-7-11/h3-7,10H,8-9H2,1-2H3,(H,18,19). The summed E-state index contributed by atoms with van der Waals surface area (Å²) in [4.78, 5) is 26.8. The van der Waals surface area contributed by atoms with Gasteiger partial charge in [-0.15, -0.1) is 11.3 Å². The Bertz CT molecular complexity index is 664. The van der Waals surface area contributed by atoms with Gasteiger partial charge in [-0.05, 0) is 18.6 Å². The van der Waals surface area contributed by atoms with Gasteiger partial charge in [0.1, 0.15) is 0 Å². The van der Waals surface area contributed by atoms with Crippen molar-refractivity contribution >= 4 is 23.3 Å². The van der Waals surface area contributed by atoms with E-state index in [1.54, 1.807) is 24.3 Å². The Kier molecular flexibility index (Phi) is 4.92. The van der Waals surface area contributed by atoms with E-state index in [9.17, 15) is 9.59 Å². The van der Waals surface area contributed by atoms with Crippen LogP contribution >= 0.6 is 11.3 Å². The molecule has 1 N–H and O–H groups in total. The van der Waals surface area contributed by atoms with Crippen LogP contribution in [-0.4, -0.2) is 28.6 Å². The average Bonchev–Trinajstić information content (AvgIpc) is 2.99. The molecule has 0 saturated heterocycles. The molecule has 0 saturated carbocycles. The van der Waals surface area contributed by atoms with Crippen molar-refractivity contribution in [2.75, 3.05) is 6.61 Å². The van der Waals surface area contributed by atoms with E-state index in [1.165, 1.54) is 16.7 Å². The maximum Gasteiger partial charge on any atom is 0.355 e.